The lowest BCUT2D eigenvalue weighted by Gasteiger charge is -2.47. The first-order chi connectivity index (χ1) is 12.0. The molecule has 2 rings (SSSR count). The Bertz CT molecular complexity index is 736. The maximum Gasteiger partial charge on any atom is 0.407 e. The molecule has 6 nitrogen and oxygen atoms in total. The first kappa shape index (κ1) is 20.7. The van der Waals surface area contributed by atoms with Crippen LogP contribution in [0.4, 0.5) is 4.79 Å². The molecule has 26 heavy (non-hydrogen) atoms. The molecule has 1 amide bonds. The molecule has 7 heteroatoms. The summed E-state index contributed by atoms with van der Waals surface area (Å²) in [5, 5.41) is 9.57. The number of nitrogens with zero attached hydrogens (tertiary/aromatic N) is 1. The van der Waals surface area contributed by atoms with Gasteiger partial charge < -0.3 is 10.0 Å². The van der Waals surface area contributed by atoms with Crippen molar-refractivity contribution in [1.82, 2.24) is 4.90 Å². The summed E-state index contributed by atoms with van der Waals surface area (Å²) < 4.78 is 29.7. The van der Waals surface area contributed by atoms with Gasteiger partial charge in [0.25, 0.3) is 10.1 Å². The highest BCUT2D eigenvalue weighted by molar-refractivity contribution is 7.86. The largest absolute Gasteiger partial charge is 0.465 e. The van der Waals surface area contributed by atoms with Gasteiger partial charge >= 0.3 is 6.09 Å². The van der Waals surface area contributed by atoms with Crippen LogP contribution in [0.3, 0.4) is 0 Å². The first-order valence-corrected chi connectivity index (χ1v) is 10.4. The third kappa shape index (κ3) is 4.20. The molecule has 0 spiro atoms. The highest BCUT2D eigenvalue weighted by Gasteiger charge is 2.51. The number of amides is 1. The van der Waals surface area contributed by atoms with Crippen molar-refractivity contribution in [2.75, 3.05) is 13.2 Å². The van der Waals surface area contributed by atoms with Gasteiger partial charge in [0.1, 0.15) is 0 Å². The number of hydrogen-bond donors (Lipinski definition) is 1. The lowest BCUT2D eigenvalue weighted by molar-refractivity contribution is 0.0204. The molecular weight excluding hydrogens is 354 g/mol. The van der Waals surface area contributed by atoms with E-state index < -0.39 is 21.8 Å². The Morgan fingerprint density at radius 3 is 2.42 bits per heavy atom. The fraction of sp³-hybridized carbons (Fsp3) is 0.632. The van der Waals surface area contributed by atoms with Gasteiger partial charge in [0.05, 0.1) is 17.0 Å². The third-order valence-electron chi connectivity index (χ3n) is 5.40. The average molecular weight is 384 g/mol. The zero-order valence-corrected chi connectivity index (χ0v) is 16.8. The predicted molar refractivity (Wildman–Crippen MR) is 99.7 cm³/mol. The number of rotatable bonds is 6. The van der Waals surface area contributed by atoms with Crippen LogP contribution in [-0.2, 0) is 14.3 Å². The van der Waals surface area contributed by atoms with E-state index in [2.05, 4.69) is 0 Å². The van der Waals surface area contributed by atoms with Crippen LogP contribution in [0.1, 0.15) is 52.0 Å². The fourth-order valence-electron chi connectivity index (χ4n) is 3.88. The molecule has 0 bridgehead atoms. The maximum atomic E-state index is 12.3. The standard InChI is InChI=1S/C19H29NO5S/c1-15-7-9-16(10-8-15)26(23,24)25-14-6-12-19(18(2,3)4)11-5-13-20(19)17(21)22/h7-10H,5-6,11-14H2,1-4H3,(H,21,22)/t19-/m0/s1. The SMILES string of the molecule is Cc1ccc(S(=O)(=O)OCCC[C@]2(C(C)(C)C)CCCN2C(=O)O)cc1. The van der Waals surface area contributed by atoms with Gasteiger partial charge in [-0.1, -0.05) is 38.5 Å². The van der Waals surface area contributed by atoms with Crippen molar-refractivity contribution >= 4 is 16.2 Å². The third-order valence-corrected chi connectivity index (χ3v) is 6.73. The number of aryl methyl sites for hydroxylation is 1. The molecule has 1 aromatic rings. The van der Waals surface area contributed by atoms with E-state index in [1.54, 1.807) is 12.1 Å². The Hall–Kier alpha value is -1.60. The van der Waals surface area contributed by atoms with Crippen LogP contribution in [0.25, 0.3) is 0 Å². The summed E-state index contributed by atoms with van der Waals surface area (Å²) >= 11 is 0. The van der Waals surface area contributed by atoms with Crippen molar-refractivity contribution in [2.45, 2.75) is 63.8 Å². The van der Waals surface area contributed by atoms with E-state index >= 15 is 0 Å². The van der Waals surface area contributed by atoms with Crippen LogP contribution in [0.2, 0.25) is 0 Å². The predicted octanol–water partition coefficient (Wildman–Crippen LogP) is 4.04. The monoisotopic (exact) mass is 383 g/mol. The molecule has 146 valence electrons. The average Bonchev–Trinajstić information content (AvgIpc) is 2.97. The van der Waals surface area contributed by atoms with E-state index in [0.29, 0.717) is 19.4 Å². The molecule has 1 N–H and O–H groups in total. The fourth-order valence-corrected chi connectivity index (χ4v) is 4.82. The summed E-state index contributed by atoms with van der Waals surface area (Å²) in [6.07, 6.45) is 1.75. The second-order valence-electron chi connectivity index (χ2n) is 8.01. The molecule has 1 atom stereocenters. The van der Waals surface area contributed by atoms with Gasteiger partial charge in [-0.3, -0.25) is 4.18 Å². The number of benzene rings is 1. The highest BCUT2D eigenvalue weighted by atomic mass is 32.2. The molecule has 1 heterocycles. The lowest BCUT2D eigenvalue weighted by Crippen LogP contribution is -2.55. The van der Waals surface area contributed by atoms with Crippen molar-refractivity contribution in [3.05, 3.63) is 29.8 Å². The van der Waals surface area contributed by atoms with Crippen molar-refractivity contribution in [1.29, 1.82) is 0 Å². The van der Waals surface area contributed by atoms with Crippen molar-refractivity contribution in [2.24, 2.45) is 5.41 Å². The van der Waals surface area contributed by atoms with Crippen molar-refractivity contribution in [3.63, 3.8) is 0 Å². The molecule has 1 saturated heterocycles. The summed E-state index contributed by atoms with van der Waals surface area (Å²) in [4.78, 5) is 13.3. The minimum Gasteiger partial charge on any atom is -0.465 e. The van der Waals surface area contributed by atoms with Gasteiger partial charge in [-0.05, 0) is 50.2 Å². The molecule has 0 radical (unpaired) electrons. The van der Waals surface area contributed by atoms with E-state index in [1.807, 2.05) is 27.7 Å². The Balaban J connectivity index is 2.02. The van der Waals surface area contributed by atoms with E-state index in [-0.39, 0.29) is 16.9 Å². The molecule has 1 aromatic carbocycles. The number of carbonyl (C=O) groups is 1. The van der Waals surface area contributed by atoms with Crippen LogP contribution in [0.5, 0.6) is 0 Å². The molecule has 1 aliphatic rings. The molecule has 0 aliphatic carbocycles. The van der Waals surface area contributed by atoms with Crippen LogP contribution in [-0.4, -0.2) is 43.2 Å². The summed E-state index contributed by atoms with van der Waals surface area (Å²) in [5.41, 5.74) is 0.249. The van der Waals surface area contributed by atoms with Gasteiger partial charge in [-0.15, -0.1) is 0 Å². The minimum absolute atomic E-state index is 0.0432. The van der Waals surface area contributed by atoms with Gasteiger partial charge in [-0.2, -0.15) is 8.42 Å². The normalized spacial score (nSPS) is 21.2. The van der Waals surface area contributed by atoms with Gasteiger partial charge in [-0.25, -0.2) is 4.79 Å². The van der Waals surface area contributed by atoms with Crippen molar-refractivity contribution in [3.8, 4) is 0 Å². The molecule has 0 saturated carbocycles. The first-order valence-electron chi connectivity index (χ1n) is 8.96. The van der Waals surface area contributed by atoms with Crippen LogP contribution < -0.4 is 0 Å². The zero-order chi connectivity index (χ0) is 19.6. The Kier molecular flexibility index (Phi) is 6.02. The van der Waals surface area contributed by atoms with E-state index in [0.717, 1.165) is 18.4 Å². The van der Waals surface area contributed by atoms with Gasteiger partial charge in [0.2, 0.25) is 0 Å². The Labute approximate surface area is 156 Å². The van der Waals surface area contributed by atoms with Gasteiger partial charge in [0, 0.05) is 6.54 Å². The van der Waals surface area contributed by atoms with Crippen molar-refractivity contribution < 1.29 is 22.5 Å². The highest BCUT2D eigenvalue weighted by Crippen LogP contribution is 2.46. The van der Waals surface area contributed by atoms with E-state index in [4.69, 9.17) is 4.18 Å². The minimum atomic E-state index is -3.79. The summed E-state index contributed by atoms with van der Waals surface area (Å²) in [5.74, 6) is 0. The lowest BCUT2D eigenvalue weighted by atomic mass is 9.69. The van der Waals surface area contributed by atoms with Crippen LogP contribution in [0.15, 0.2) is 29.2 Å². The molecule has 0 aromatic heterocycles. The zero-order valence-electron chi connectivity index (χ0n) is 16.0. The molecule has 1 aliphatic heterocycles. The summed E-state index contributed by atoms with van der Waals surface area (Å²) in [6.45, 7) is 8.57. The van der Waals surface area contributed by atoms with Crippen LogP contribution in [0, 0.1) is 12.3 Å². The molecule has 0 unspecified atom stereocenters. The van der Waals surface area contributed by atoms with E-state index in [9.17, 15) is 18.3 Å². The summed E-state index contributed by atoms with van der Waals surface area (Å²) in [7, 11) is -3.79. The van der Waals surface area contributed by atoms with Gasteiger partial charge in [0.15, 0.2) is 0 Å². The number of hydrogen-bond acceptors (Lipinski definition) is 4. The Morgan fingerprint density at radius 2 is 1.88 bits per heavy atom. The number of carboxylic acid groups (broad SMARTS) is 1. The smallest absolute Gasteiger partial charge is 0.407 e. The van der Waals surface area contributed by atoms with Crippen LogP contribution >= 0.6 is 0 Å². The molecule has 1 fully saturated rings. The molecular formula is C19H29NO5S. The maximum absolute atomic E-state index is 12.3. The topological polar surface area (TPSA) is 83.9 Å². The number of likely N-dealkylation sites (tertiary alicyclic amines) is 1. The summed E-state index contributed by atoms with van der Waals surface area (Å²) in [6, 6.07) is 6.52. The second-order valence-corrected chi connectivity index (χ2v) is 9.63. The Morgan fingerprint density at radius 1 is 1.27 bits per heavy atom. The van der Waals surface area contributed by atoms with E-state index in [1.165, 1.54) is 17.0 Å². The quantitative estimate of drug-likeness (QED) is 0.592. The second kappa shape index (κ2) is 7.56.